The van der Waals surface area contributed by atoms with Gasteiger partial charge in [0.1, 0.15) is 29.1 Å². The van der Waals surface area contributed by atoms with Gasteiger partial charge in [0, 0.05) is 23.3 Å². The second kappa shape index (κ2) is 9.59. The Bertz CT molecular complexity index is 1480. The van der Waals surface area contributed by atoms with Crippen molar-refractivity contribution >= 4 is 33.2 Å². The van der Waals surface area contributed by atoms with Crippen LogP contribution >= 0.6 is 11.3 Å². The van der Waals surface area contributed by atoms with Crippen molar-refractivity contribution in [2.75, 3.05) is 6.61 Å². The molecule has 4 aromatic rings. The number of carbonyl (C=O) groups is 1. The number of ether oxygens (including phenoxy) is 1. The fourth-order valence-electron chi connectivity index (χ4n) is 4.93. The van der Waals surface area contributed by atoms with E-state index in [1.165, 1.54) is 4.88 Å². The van der Waals surface area contributed by atoms with Gasteiger partial charge in [-0.3, -0.25) is 9.36 Å². The Morgan fingerprint density at radius 3 is 2.89 bits per heavy atom. The number of hydrogen-bond donors (Lipinski definition) is 2. The van der Waals surface area contributed by atoms with E-state index in [2.05, 4.69) is 25.5 Å². The number of carbonyl (C=O) groups excluding carboxylic acids is 1. The monoisotopic (exact) mass is 518 g/mol. The number of nitrogens with zero attached hydrogens (tertiary/aromatic N) is 4. The lowest BCUT2D eigenvalue weighted by Gasteiger charge is -2.35. The van der Waals surface area contributed by atoms with Crippen LogP contribution in [0.3, 0.4) is 0 Å². The molecule has 0 radical (unpaired) electrons. The Balaban J connectivity index is 1.22. The molecule has 6 rings (SSSR count). The molecule has 2 aliphatic carbocycles. The van der Waals surface area contributed by atoms with Gasteiger partial charge in [-0.2, -0.15) is 0 Å². The van der Waals surface area contributed by atoms with E-state index in [9.17, 15) is 4.79 Å². The molecule has 37 heavy (non-hydrogen) atoms. The molecule has 0 aliphatic heterocycles. The summed E-state index contributed by atoms with van der Waals surface area (Å²) in [6.45, 7) is 4.51. The predicted molar refractivity (Wildman–Crippen MR) is 141 cm³/mol. The van der Waals surface area contributed by atoms with E-state index in [0.717, 1.165) is 10.2 Å². The second-order valence-corrected chi connectivity index (χ2v) is 10.7. The Labute approximate surface area is 217 Å². The van der Waals surface area contributed by atoms with E-state index in [-0.39, 0.29) is 17.9 Å². The third-order valence-corrected chi connectivity index (χ3v) is 7.80. The third-order valence-electron chi connectivity index (χ3n) is 6.80. The van der Waals surface area contributed by atoms with E-state index in [1.54, 1.807) is 28.2 Å². The molecular formula is C27H27FN6O2S. The lowest BCUT2D eigenvalue weighted by Crippen LogP contribution is -2.44. The Morgan fingerprint density at radius 1 is 1.30 bits per heavy atom. The van der Waals surface area contributed by atoms with Crippen molar-refractivity contribution in [1.29, 1.82) is 0 Å². The van der Waals surface area contributed by atoms with E-state index in [0.29, 0.717) is 60.4 Å². The molecule has 4 aromatic heterocycles. The molecule has 1 unspecified atom stereocenters. The van der Waals surface area contributed by atoms with Gasteiger partial charge in [0.25, 0.3) is 5.91 Å². The first-order chi connectivity index (χ1) is 18.0. The van der Waals surface area contributed by atoms with Gasteiger partial charge in [-0.25, -0.2) is 9.37 Å². The maximum atomic E-state index is 15.1. The summed E-state index contributed by atoms with van der Waals surface area (Å²) in [6.07, 6.45) is 7.63. The summed E-state index contributed by atoms with van der Waals surface area (Å²) >= 11 is 1.66. The van der Waals surface area contributed by atoms with Gasteiger partial charge in [-0.1, -0.05) is 12.2 Å². The molecule has 1 atom stereocenters. The molecule has 10 heteroatoms. The number of nitrogens with one attached hydrogen (secondary N) is 2. The molecule has 190 valence electrons. The fraction of sp³-hybridized carbons (Fsp3) is 0.333. The summed E-state index contributed by atoms with van der Waals surface area (Å²) in [5, 5.41) is 12.0. The van der Waals surface area contributed by atoms with Crippen LogP contribution in [0.2, 0.25) is 0 Å². The molecule has 0 aromatic carbocycles. The number of rotatable bonds is 7. The molecule has 8 nitrogen and oxygen atoms in total. The van der Waals surface area contributed by atoms with Crippen LogP contribution in [-0.2, 0) is 0 Å². The van der Waals surface area contributed by atoms with Crippen LogP contribution in [0.5, 0.6) is 5.75 Å². The molecule has 1 saturated carbocycles. The Hall–Kier alpha value is -3.79. The van der Waals surface area contributed by atoms with Crippen molar-refractivity contribution in [2.45, 2.75) is 51.2 Å². The summed E-state index contributed by atoms with van der Waals surface area (Å²) in [4.78, 5) is 21.7. The standard InChI is InChI=1S/C27H27FN6O2S/c1-3-36-18-8-9-20(29-14-18)26-33-32-25(34(26)23-7-5-4-6-19(23)28)16-11-17(12-16)30-27(35)22-13-24-21(31-22)10-15(2)37-24/h4-5,7-10,13-14,16-17,19,31H,3,6,11-12H2,1-2H3,(H,30,35)/t16-,17-,19?. The van der Waals surface area contributed by atoms with Crippen LogP contribution in [0.15, 0.2) is 48.7 Å². The van der Waals surface area contributed by atoms with Crippen molar-refractivity contribution in [1.82, 2.24) is 30.0 Å². The average Bonchev–Trinajstić information content (AvgIpc) is 3.55. The highest BCUT2D eigenvalue weighted by molar-refractivity contribution is 7.19. The number of amides is 1. The SMILES string of the molecule is CCOc1ccc(-c2nnc([C@H]3C[C@H](NC(=O)c4cc5sc(C)cc5[nH]4)C3)n2C2=CC=CCC2F)nc1. The van der Waals surface area contributed by atoms with E-state index in [4.69, 9.17) is 4.74 Å². The van der Waals surface area contributed by atoms with Gasteiger partial charge in [0.05, 0.1) is 28.7 Å². The fourth-order valence-corrected chi connectivity index (χ4v) is 5.85. The highest BCUT2D eigenvalue weighted by atomic mass is 32.1. The van der Waals surface area contributed by atoms with Gasteiger partial charge >= 0.3 is 0 Å². The first-order valence-electron chi connectivity index (χ1n) is 12.5. The molecule has 0 saturated heterocycles. The molecule has 4 heterocycles. The van der Waals surface area contributed by atoms with Crippen LogP contribution < -0.4 is 10.1 Å². The third kappa shape index (κ3) is 4.46. The minimum absolute atomic E-state index is 0.0131. The van der Waals surface area contributed by atoms with Gasteiger partial charge in [0.15, 0.2) is 5.82 Å². The van der Waals surface area contributed by atoms with Gasteiger partial charge in [-0.15, -0.1) is 21.5 Å². The van der Waals surface area contributed by atoms with Crippen LogP contribution in [0, 0.1) is 6.92 Å². The van der Waals surface area contributed by atoms with Crippen molar-refractivity contribution in [2.24, 2.45) is 0 Å². The van der Waals surface area contributed by atoms with E-state index in [1.807, 2.05) is 50.3 Å². The smallest absolute Gasteiger partial charge is 0.267 e. The van der Waals surface area contributed by atoms with Crippen LogP contribution in [-0.4, -0.2) is 49.5 Å². The molecule has 2 aliphatic rings. The van der Waals surface area contributed by atoms with Gasteiger partial charge < -0.3 is 15.0 Å². The van der Waals surface area contributed by atoms with Crippen molar-refractivity contribution in [3.63, 3.8) is 0 Å². The van der Waals surface area contributed by atoms with Crippen LogP contribution in [0.25, 0.3) is 27.4 Å². The van der Waals surface area contributed by atoms with Crippen LogP contribution in [0.4, 0.5) is 4.39 Å². The maximum absolute atomic E-state index is 15.1. The zero-order valence-electron chi connectivity index (χ0n) is 20.6. The molecule has 2 N–H and O–H groups in total. The molecule has 0 bridgehead atoms. The number of thiophene rings is 1. The number of alkyl halides is 1. The van der Waals surface area contributed by atoms with Crippen molar-refractivity contribution in [3.05, 3.63) is 65.1 Å². The Morgan fingerprint density at radius 2 is 2.16 bits per heavy atom. The number of hydrogen-bond acceptors (Lipinski definition) is 6. The number of pyridine rings is 1. The zero-order valence-corrected chi connectivity index (χ0v) is 21.4. The number of aromatic nitrogens is 5. The largest absolute Gasteiger partial charge is 0.492 e. The Kier molecular flexibility index (Phi) is 6.11. The normalized spacial score (nSPS) is 21.1. The maximum Gasteiger partial charge on any atom is 0.267 e. The summed E-state index contributed by atoms with van der Waals surface area (Å²) in [6, 6.07) is 7.60. The summed E-state index contributed by atoms with van der Waals surface area (Å²) in [5.41, 5.74) is 2.65. The minimum Gasteiger partial charge on any atom is -0.492 e. The average molecular weight is 519 g/mol. The number of aromatic amines is 1. The number of H-pyrrole nitrogens is 1. The topological polar surface area (TPSA) is 97.7 Å². The van der Waals surface area contributed by atoms with E-state index >= 15 is 4.39 Å². The molecule has 1 amide bonds. The van der Waals surface area contributed by atoms with Crippen molar-refractivity contribution in [3.8, 4) is 17.3 Å². The number of aryl methyl sites for hydroxylation is 1. The van der Waals surface area contributed by atoms with E-state index < -0.39 is 6.17 Å². The molecular weight excluding hydrogens is 491 g/mol. The lowest BCUT2D eigenvalue weighted by atomic mass is 9.79. The first kappa shape index (κ1) is 23.6. The minimum atomic E-state index is -1.16. The zero-order chi connectivity index (χ0) is 25.5. The number of allylic oxidation sites excluding steroid dienone is 4. The summed E-state index contributed by atoms with van der Waals surface area (Å²) < 4.78 is 23.4. The number of halogens is 1. The molecule has 0 spiro atoms. The molecule has 1 fully saturated rings. The summed E-state index contributed by atoms with van der Waals surface area (Å²) in [7, 11) is 0. The van der Waals surface area contributed by atoms with Gasteiger partial charge in [0.2, 0.25) is 0 Å². The second-order valence-electron chi connectivity index (χ2n) is 9.41. The highest BCUT2D eigenvalue weighted by Crippen LogP contribution is 2.40. The first-order valence-corrected chi connectivity index (χ1v) is 13.3. The highest BCUT2D eigenvalue weighted by Gasteiger charge is 2.37. The van der Waals surface area contributed by atoms with Gasteiger partial charge in [-0.05, 0) is 57.0 Å². The predicted octanol–water partition coefficient (Wildman–Crippen LogP) is 5.40. The van der Waals surface area contributed by atoms with Crippen molar-refractivity contribution < 1.29 is 13.9 Å². The number of fused-ring (bicyclic) bond motifs is 1. The quantitative estimate of drug-likeness (QED) is 0.341. The lowest BCUT2D eigenvalue weighted by molar-refractivity contribution is 0.0903. The van der Waals surface area contributed by atoms with Crippen LogP contribution in [0.1, 0.15) is 53.3 Å². The summed E-state index contributed by atoms with van der Waals surface area (Å²) in [5.74, 6) is 1.78.